The van der Waals surface area contributed by atoms with Gasteiger partial charge in [-0.2, -0.15) is 5.26 Å². The van der Waals surface area contributed by atoms with E-state index in [1.165, 1.54) is 6.07 Å². The average Bonchev–Trinajstić information content (AvgIpc) is 2.75. The number of hydrogen-bond acceptors (Lipinski definition) is 8. The number of pyridine rings is 1. The van der Waals surface area contributed by atoms with Crippen LogP contribution in [-0.4, -0.2) is 37.2 Å². The van der Waals surface area contributed by atoms with Crippen LogP contribution in [-0.2, 0) is 0 Å². The second-order valence-electron chi connectivity index (χ2n) is 7.18. The molecule has 2 atom stereocenters. The molecule has 0 bridgehead atoms. The van der Waals surface area contributed by atoms with Gasteiger partial charge >= 0.3 is 0 Å². The normalized spacial score (nSPS) is 18.2. The maximum Gasteiger partial charge on any atom is 0.252 e. The quantitative estimate of drug-likeness (QED) is 0.544. The van der Waals surface area contributed by atoms with E-state index < -0.39 is 5.91 Å². The molecule has 9 nitrogen and oxygen atoms in total. The Labute approximate surface area is 175 Å². The van der Waals surface area contributed by atoms with E-state index in [-0.39, 0.29) is 29.0 Å². The number of aromatic nitrogens is 1. The zero-order valence-electron chi connectivity index (χ0n) is 17.1. The third-order valence-electron chi connectivity index (χ3n) is 5.16. The molecule has 2 aromatic rings. The SMILES string of the molecule is COc1cc(Nc2nc(N[C@@H]3CCCC[C@@H]3N)c(C#N)cc2C(N)=O)cc(OC)c1. The molecule has 1 fully saturated rings. The number of rotatable bonds is 7. The first-order valence-corrected chi connectivity index (χ1v) is 9.72. The molecule has 158 valence electrons. The molecule has 0 unspecified atom stereocenters. The van der Waals surface area contributed by atoms with Gasteiger partial charge < -0.3 is 31.6 Å². The predicted octanol–water partition coefficient (Wildman–Crippen LogP) is 2.49. The minimum Gasteiger partial charge on any atom is -0.497 e. The molecule has 0 spiro atoms. The largest absolute Gasteiger partial charge is 0.497 e. The number of nitrogens with zero attached hydrogens (tertiary/aromatic N) is 2. The van der Waals surface area contributed by atoms with Crippen LogP contribution in [0.5, 0.6) is 11.5 Å². The van der Waals surface area contributed by atoms with E-state index in [0.717, 1.165) is 25.7 Å². The third kappa shape index (κ3) is 4.72. The van der Waals surface area contributed by atoms with Gasteiger partial charge in [0, 0.05) is 36.0 Å². The van der Waals surface area contributed by atoms with E-state index in [1.54, 1.807) is 32.4 Å². The van der Waals surface area contributed by atoms with Gasteiger partial charge in [-0.15, -0.1) is 0 Å². The average molecular weight is 410 g/mol. The second-order valence-corrected chi connectivity index (χ2v) is 7.18. The summed E-state index contributed by atoms with van der Waals surface area (Å²) in [6.07, 6.45) is 3.94. The number of carbonyl (C=O) groups is 1. The van der Waals surface area contributed by atoms with Crippen molar-refractivity contribution in [2.24, 2.45) is 11.5 Å². The number of nitrogens with two attached hydrogens (primary N) is 2. The number of hydrogen-bond donors (Lipinski definition) is 4. The summed E-state index contributed by atoms with van der Waals surface area (Å²) in [5, 5.41) is 15.9. The molecule has 6 N–H and O–H groups in total. The summed E-state index contributed by atoms with van der Waals surface area (Å²) in [5.41, 5.74) is 12.7. The number of amides is 1. The molecule has 9 heteroatoms. The van der Waals surface area contributed by atoms with Gasteiger partial charge in [0.05, 0.1) is 25.3 Å². The fourth-order valence-electron chi connectivity index (χ4n) is 3.52. The summed E-state index contributed by atoms with van der Waals surface area (Å²) in [6.45, 7) is 0. The Morgan fingerprint density at radius 3 is 2.37 bits per heavy atom. The molecule has 0 saturated heterocycles. The van der Waals surface area contributed by atoms with Crippen molar-refractivity contribution >= 4 is 23.2 Å². The number of nitrogens with one attached hydrogen (secondary N) is 2. The molecule has 0 radical (unpaired) electrons. The molecule has 3 rings (SSSR count). The summed E-state index contributed by atoms with van der Waals surface area (Å²) >= 11 is 0. The van der Waals surface area contributed by atoms with Crippen molar-refractivity contribution in [3.8, 4) is 17.6 Å². The van der Waals surface area contributed by atoms with Crippen molar-refractivity contribution < 1.29 is 14.3 Å². The number of benzene rings is 1. The highest BCUT2D eigenvalue weighted by Crippen LogP contribution is 2.31. The van der Waals surface area contributed by atoms with Crippen LogP contribution in [0.3, 0.4) is 0 Å². The van der Waals surface area contributed by atoms with E-state index in [0.29, 0.717) is 23.0 Å². The van der Waals surface area contributed by atoms with Gasteiger partial charge in [0.25, 0.3) is 5.91 Å². The van der Waals surface area contributed by atoms with Gasteiger partial charge in [-0.1, -0.05) is 12.8 Å². The van der Waals surface area contributed by atoms with Gasteiger partial charge in [-0.05, 0) is 18.9 Å². The molecule has 1 aliphatic rings. The van der Waals surface area contributed by atoms with Crippen molar-refractivity contribution in [3.63, 3.8) is 0 Å². The molecular formula is C21H26N6O3. The maximum absolute atomic E-state index is 12.0. The highest BCUT2D eigenvalue weighted by atomic mass is 16.5. The Morgan fingerprint density at radius 1 is 1.13 bits per heavy atom. The lowest BCUT2D eigenvalue weighted by Gasteiger charge is -2.30. The lowest BCUT2D eigenvalue weighted by Crippen LogP contribution is -2.43. The molecule has 1 amide bonds. The van der Waals surface area contributed by atoms with E-state index in [1.807, 2.05) is 0 Å². The summed E-state index contributed by atoms with van der Waals surface area (Å²) in [6, 6.07) is 8.69. The minimum atomic E-state index is -0.697. The third-order valence-corrected chi connectivity index (χ3v) is 5.16. The molecule has 30 heavy (non-hydrogen) atoms. The molecular weight excluding hydrogens is 384 g/mol. The van der Waals surface area contributed by atoms with Crippen molar-refractivity contribution in [2.45, 2.75) is 37.8 Å². The van der Waals surface area contributed by atoms with E-state index in [4.69, 9.17) is 20.9 Å². The van der Waals surface area contributed by atoms with E-state index >= 15 is 0 Å². The Kier molecular flexibility index (Phi) is 6.59. The van der Waals surface area contributed by atoms with Gasteiger partial charge in [0.15, 0.2) is 0 Å². The Morgan fingerprint density at radius 2 is 1.80 bits per heavy atom. The Hall–Kier alpha value is -3.51. The molecule has 1 aromatic heterocycles. The van der Waals surface area contributed by atoms with Crippen molar-refractivity contribution in [1.82, 2.24) is 4.98 Å². The van der Waals surface area contributed by atoms with Crippen LogP contribution in [0.4, 0.5) is 17.3 Å². The predicted molar refractivity (Wildman–Crippen MR) is 114 cm³/mol. The van der Waals surface area contributed by atoms with Crippen LogP contribution in [0.15, 0.2) is 24.3 Å². The second kappa shape index (κ2) is 9.33. The molecule has 0 aliphatic heterocycles. The molecule has 1 aromatic carbocycles. The van der Waals surface area contributed by atoms with Crippen LogP contribution in [0, 0.1) is 11.3 Å². The number of carbonyl (C=O) groups excluding carboxylic acids is 1. The Balaban J connectivity index is 2.00. The first kappa shape index (κ1) is 21.2. The highest BCUT2D eigenvalue weighted by molar-refractivity contribution is 5.99. The zero-order valence-corrected chi connectivity index (χ0v) is 17.1. The van der Waals surface area contributed by atoms with Crippen molar-refractivity contribution in [3.05, 3.63) is 35.4 Å². The molecule has 1 aliphatic carbocycles. The van der Waals surface area contributed by atoms with Gasteiger partial charge in [-0.25, -0.2) is 4.98 Å². The summed E-state index contributed by atoms with van der Waals surface area (Å²) in [4.78, 5) is 16.5. The molecule has 1 saturated carbocycles. The standard InChI is InChI=1S/C21H26N6O3/c1-29-14-8-13(9-15(10-14)30-2)25-21-16(19(24)28)7-12(11-22)20(27-21)26-18-6-4-3-5-17(18)23/h7-10,17-18H,3-6,23H2,1-2H3,(H2,24,28)(H2,25,26,27)/t17-,18+/m0/s1. The van der Waals surface area contributed by atoms with Gasteiger partial charge in [-0.3, -0.25) is 4.79 Å². The van der Waals surface area contributed by atoms with Crippen molar-refractivity contribution in [1.29, 1.82) is 5.26 Å². The van der Waals surface area contributed by atoms with E-state index in [2.05, 4.69) is 21.7 Å². The van der Waals surface area contributed by atoms with Crippen LogP contribution >= 0.6 is 0 Å². The smallest absolute Gasteiger partial charge is 0.252 e. The summed E-state index contributed by atoms with van der Waals surface area (Å²) < 4.78 is 10.6. The monoisotopic (exact) mass is 410 g/mol. The maximum atomic E-state index is 12.0. The number of primary amides is 1. The number of methoxy groups -OCH3 is 2. The number of anilines is 3. The fraction of sp³-hybridized carbons (Fsp3) is 0.381. The lowest BCUT2D eigenvalue weighted by atomic mass is 9.91. The molecule has 1 heterocycles. The first-order valence-electron chi connectivity index (χ1n) is 9.72. The van der Waals surface area contributed by atoms with Crippen molar-refractivity contribution in [2.75, 3.05) is 24.9 Å². The van der Waals surface area contributed by atoms with Crippen LogP contribution in [0.25, 0.3) is 0 Å². The van der Waals surface area contributed by atoms with Crippen LogP contribution in [0.1, 0.15) is 41.6 Å². The Bertz CT molecular complexity index is 950. The first-order chi connectivity index (χ1) is 14.4. The van der Waals surface area contributed by atoms with Crippen LogP contribution < -0.4 is 31.6 Å². The topological polar surface area (TPSA) is 148 Å². The zero-order chi connectivity index (χ0) is 21.7. The number of nitriles is 1. The lowest BCUT2D eigenvalue weighted by molar-refractivity contribution is 0.100. The number of ether oxygens (including phenoxy) is 2. The highest BCUT2D eigenvalue weighted by Gasteiger charge is 2.24. The van der Waals surface area contributed by atoms with E-state index in [9.17, 15) is 10.1 Å². The van der Waals surface area contributed by atoms with Gasteiger partial charge in [0.2, 0.25) is 0 Å². The fourth-order valence-corrected chi connectivity index (χ4v) is 3.52. The summed E-state index contributed by atoms with van der Waals surface area (Å²) in [5.74, 6) is 1.03. The van der Waals surface area contributed by atoms with Gasteiger partial charge in [0.1, 0.15) is 29.2 Å². The minimum absolute atomic E-state index is 0.00235. The van der Waals surface area contributed by atoms with Crippen LogP contribution in [0.2, 0.25) is 0 Å². The summed E-state index contributed by atoms with van der Waals surface area (Å²) in [7, 11) is 3.09.